The molecule has 0 atom stereocenters. The smallest absolute Gasteiger partial charge is 0.326 e. The SMILES string of the molecule is Cc1nc(CCNC(=O)c2cc(=O)[nH]c(=O)[nH]2)sc1C. The van der Waals surface area contributed by atoms with Crippen LogP contribution < -0.4 is 16.6 Å². The Bertz CT molecular complexity index is 696. The quantitative estimate of drug-likeness (QED) is 0.743. The van der Waals surface area contributed by atoms with Crippen molar-refractivity contribution in [3.63, 3.8) is 0 Å². The summed E-state index contributed by atoms with van der Waals surface area (Å²) in [6, 6.07) is 1.05. The largest absolute Gasteiger partial charge is 0.350 e. The van der Waals surface area contributed by atoms with Gasteiger partial charge in [-0.05, 0) is 13.8 Å². The average Bonchev–Trinajstić information content (AvgIpc) is 2.67. The number of carbonyl (C=O) groups is 1. The number of nitrogens with zero attached hydrogens (tertiary/aromatic N) is 1. The predicted molar refractivity (Wildman–Crippen MR) is 75.3 cm³/mol. The third kappa shape index (κ3) is 3.41. The summed E-state index contributed by atoms with van der Waals surface area (Å²) < 4.78 is 0. The van der Waals surface area contributed by atoms with Crippen LogP contribution in [0.1, 0.15) is 26.1 Å². The van der Waals surface area contributed by atoms with E-state index >= 15 is 0 Å². The van der Waals surface area contributed by atoms with E-state index in [0.29, 0.717) is 13.0 Å². The molecule has 0 aromatic carbocycles. The lowest BCUT2D eigenvalue weighted by atomic mass is 10.3. The van der Waals surface area contributed by atoms with Gasteiger partial charge in [0.2, 0.25) is 0 Å². The molecule has 0 saturated heterocycles. The summed E-state index contributed by atoms with van der Waals surface area (Å²) >= 11 is 1.59. The Kier molecular flexibility index (Phi) is 4.14. The van der Waals surface area contributed by atoms with Crippen molar-refractivity contribution in [2.75, 3.05) is 6.54 Å². The number of amides is 1. The second-order valence-electron chi connectivity index (χ2n) is 4.26. The molecule has 0 bridgehead atoms. The normalized spacial score (nSPS) is 10.5. The van der Waals surface area contributed by atoms with E-state index in [1.807, 2.05) is 18.8 Å². The molecule has 0 aliphatic heterocycles. The van der Waals surface area contributed by atoms with Crippen LogP contribution in [0.4, 0.5) is 0 Å². The second-order valence-corrected chi connectivity index (χ2v) is 5.54. The van der Waals surface area contributed by atoms with Gasteiger partial charge in [-0.15, -0.1) is 11.3 Å². The van der Waals surface area contributed by atoms with Gasteiger partial charge in [-0.25, -0.2) is 9.78 Å². The summed E-state index contributed by atoms with van der Waals surface area (Å²) in [5.41, 5.74) is -0.362. The molecule has 0 aliphatic carbocycles. The lowest BCUT2D eigenvalue weighted by Crippen LogP contribution is -2.31. The van der Waals surface area contributed by atoms with E-state index in [4.69, 9.17) is 0 Å². The number of hydrogen-bond donors (Lipinski definition) is 3. The third-order valence-corrected chi connectivity index (χ3v) is 3.83. The lowest BCUT2D eigenvalue weighted by molar-refractivity contribution is 0.0948. The molecule has 2 rings (SSSR count). The van der Waals surface area contributed by atoms with Crippen LogP contribution in [-0.4, -0.2) is 27.4 Å². The molecule has 0 unspecified atom stereocenters. The van der Waals surface area contributed by atoms with Crippen LogP contribution in [-0.2, 0) is 6.42 Å². The molecule has 0 saturated carbocycles. The van der Waals surface area contributed by atoms with Gasteiger partial charge in [0.25, 0.3) is 11.5 Å². The number of hydrogen-bond acceptors (Lipinski definition) is 5. The van der Waals surface area contributed by atoms with E-state index in [0.717, 1.165) is 21.6 Å². The van der Waals surface area contributed by atoms with Crippen molar-refractivity contribution in [2.45, 2.75) is 20.3 Å². The van der Waals surface area contributed by atoms with Gasteiger partial charge in [0.15, 0.2) is 0 Å². The zero-order valence-electron chi connectivity index (χ0n) is 11.1. The molecule has 106 valence electrons. The van der Waals surface area contributed by atoms with Gasteiger partial charge in [0, 0.05) is 23.9 Å². The fraction of sp³-hybridized carbons (Fsp3) is 0.333. The van der Waals surface area contributed by atoms with Gasteiger partial charge in [-0.1, -0.05) is 0 Å². The minimum Gasteiger partial charge on any atom is -0.350 e. The first-order chi connectivity index (χ1) is 9.45. The Morgan fingerprint density at radius 3 is 2.70 bits per heavy atom. The minimum absolute atomic E-state index is 0.0507. The Morgan fingerprint density at radius 1 is 1.35 bits per heavy atom. The van der Waals surface area contributed by atoms with Gasteiger partial charge in [0.05, 0.1) is 10.7 Å². The number of thiazole rings is 1. The number of carbonyl (C=O) groups excluding carboxylic acids is 1. The van der Waals surface area contributed by atoms with Crippen LogP contribution in [0.3, 0.4) is 0 Å². The Labute approximate surface area is 118 Å². The molecular weight excluding hydrogens is 280 g/mol. The highest BCUT2D eigenvalue weighted by molar-refractivity contribution is 7.11. The Morgan fingerprint density at radius 2 is 2.10 bits per heavy atom. The fourth-order valence-corrected chi connectivity index (χ4v) is 2.55. The van der Waals surface area contributed by atoms with Gasteiger partial charge >= 0.3 is 5.69 Å². The van der Waals surface area contributed by atoms with Crippen LogP contribution in [0.15, 0.2) is 15.7 Å². The topological polar surface area (TPSA) is 108 Å². The molecular formula is C12H14N4O3S. The molecule has 2 heterocycles. The summed E-state index contributed by atoms with van der Waals surface area (Å²) in [4.78, 5) is 43.7. The Hall–Kier alpha value is -2.22. The van der Waals surface area contributed by atoms with Gasteiger partial charge in [-0.2, -0.15) is 0 Å². The fourth-order valence-electron chi connectivity index (χ4n) is 1.62. The van der Waals surface area contributed by atoms with Crippen molar-refractivity contribution in [3.05, 3.63) is 48.2 Å². The number of aromatic amines is 2. The molecule has 0 spiro atoms. The van der Waals surface area contributed by atoms with Gasteiger partial charge in [0.1, 0.15) is 5.69 Å². The molecule has 20 heavy (non-hydrogen) atoms. The summed E-state index contributed by atoms with van der Waals surface area (Å²) in [5.74, 6) is -0.488. The van der Waals surface area contributed by atoms with E-state index < -0.39 is 17.2 Å². The molecule has 0 aliphatic rings. The maximum atomic E-state index is 11.8. The highest BCUT2D eigenvalue weighted by Crippen LogP contribution is 2.16. The van der Waals surface area contributed by atoms with Crippen LogP contribution in [0.2, 0.25) is 0 Å². The van der Waals surface area contributed by atoms with E-state index in [-0.39, 0.29) is 5.69 Å². The van der Waals surface area contributed by atoms with E-state index in [1.165, 1.54) is 0 Å². The van der Waals surface area contributed by atoms with Crippen molar-refractivity contribution < 1.29 is 4.79 Å². The molecule has 0 fully saturated rings. The summed E-state index contributed by atoms with van der Waals surface area (Å²) in [6.07, 6.45) is 0.610. The minimum atomic E-state index is -0.700. The van der Waals surface area contributed by atoms with Crippen LogP contribution in [0.5, 0.6) is 0 Å². The molecule has 8 heteroatoms. The average molecular weight is 294 g/mol. The number of aryl methyl sites for hydroxylation is 2. The highest BCUT2D eigenvalue weighted by atomic mass is 32.1. The van der Waals surface area contributed by atoms with Crippen molar-refractivity contribution in [1.82, 2.24) is 20.3 Å². The molecule has 2 aromatic heterocycles. The third-order valence-electron chi connectivity index (χ3n) is 2.70. The monoisotopic (exact) mass is 294 g/mol. The van der Waals surface area contributed by atoms with E-state index in [1.54, 1.807) is 11.3 Å². The van der Waals surface area contributed by atoms with Crippen LogP contribution >= 0.6 is 11.3 Å². The van der Waals surface area contributed by atoms with Crippen LogP contribution in [0, 0.1) is 13.8 Å². The van der Waals surface area contributed by atoms with Gasteiger partial charge < -0.3 is 10.3 Å². The number of nitrogens with one attached hydrogen (secondary N) is 3. The standard InChI is InChI=1S/C12H14N4O3S/c1-6-7(2)20-10(14-6)3-4-13-11(18)8-5-9(17)16-12(19)15-8/h5H,3-4H2,1-2H3,(H,13,18)(H2,15,16,17,19). The van der Waals surface area contributed by atoms with Crippen molar-refractivity contribution in [2.24, 2.45) is 0 Å². The number of H-pyrrole nitrogens is 2. The first kappa shape index (κ1) is 14.2. The van der Waals surface area contributed by atoms with Crippen molar-refractivity contribution in [1.29, 1.82) is 0 Å². The molecule has 2 aromatic rings. The lowest BCUT2D eigenvalue weighted by Gasteiger charge is -2.02. The molecule has 1 amide bonds. The molecule has 0 radical (unpaired) electrons. The number of aromatic nitrogens is 3. The maximum absolute atomic E-state index is 11.8. The summed E-state index contributed by atoms with van der Waals surface area (Å²) in [6.45, 7) is 4.32. The van der Waals surface area contributed by atoms with Gasteiger partial charge in [-0.3, -0.25) is 14.6 Å². The maximum Gasteiger partial charge on any atom is 0.326 e. The summed E-state index contributed by atoms with van der Waals surface area (Å²) in [5, 5.41) is 3.58. The molecule has 3 N–H and O–H groups in total. The predicted octanol–water partition coefficient (Wildman–Crippen LogP) is 0.109. The zero-order valence-corrected chi connectivity index (χ0v) is 11.9. The highest BCUT2D eigenvalue weighted by Gasteiger charge is 2.08. The van der Waals surface area contributed by atoms with Crippen molar-refractivity contribution >= 4 is 17.2 Å². The first-order valence-corrected chi connectivity index (χ1v) is 6.82. The van der Waals surface area contributed by atoms with E-state index in [2.05, 4.69) is 15.3 Å². The molecule has 7 nitrogen and oxygen atoms in total. The zero-order chi connectivity index (χ0) is 14.7. The number of rotatable bonds is 4. The van der Waals surface area contributed by atoms with Crippen LogP contribution in [0.25, 0.3) is 0 Å². The first-order valence-electron chi connectivity index (χ1n) is 6.00. The Balaban J connectivity index is 1.95. The second kappa shape index (κ2) is 5.83. The van der Waals surface area contributed by atoms with Crippen molar-refractivity contribution in [3.8, 4) is 0 Å². The van der Waals surface area contributed by atoms with E-state index in [9.17, 15) is 14.4 Å². The summed E-state index contributed by atoms with van der Waals surface area (Å²) in [7, 11) is 0.